The van der Waals surface area contributed by atoms with Crippen molar-refractivity contribution < 1.29 is 9.18 Å². The van der Waals surface area contributed by atoms with Crippen molar-refractivity contribution in [3.05, 3.63) is 35.6 Å². The summed E-state index contributed by atoms with van der Waals surface area (Å²) in [5, 5.41) is 2.85. The topological polar surface area (TPSA) is 29.1 Å². The molecule has 0 bridgehead atoms. The van der Waals surface area contributed by atoms with E-state index in [1.807, 2.05) is 20.8 Å². The fourth-order valence-electron chi connectivity index (χ4n) is 1.71. The number of hydrogen-bond donors (Lipinski definition) is 1. The van der Waals surface area contributed by atoms with Gasteiger partial charge in [-0.15, -0.1) is 11.6 Å². The minimum absolute atomic E-state index is 0.0707. The summed E-state index contributed by atoms with van der Waals surface area (Å²) in [6.45, 7) is 6.06. The Bertz CT molecular complexity index is 415. The molecule has 0 aromatic heterocycles. The highest BCUT2D eigenvalue weighted by molar-refractivity contribution is 6.17. The molecule has 1 amide bonds. The van der Waals surface area contributed by atoms with Crippen LogP contribution in [0.15, 0.2) is 24.3 Å². The molecule has 0 saturated heterocycles. The largest absolute Gasteiger partial charge is 0.349 e. The van der Waals surface area contributed by atoms with Gasteiger partial charge in [0.25, 0.3) is 5.91 Å². The monoisotopic (exact) mass is 271 g/mol. The third-order valence-corrected chi connectivity index (χ3v) is 3.09. The third kappa shape index (κ3) is 3.98. The van der Waals surface area contributed by atoms with Crippen molar-refractivity contribution in [2.75, 3.05) is 5.88 Å². The van der Waals surface area contributed by atoms with Crippen molar-refractivity contribution in [1.29, 1.82) is 0 Å². The van der Waals surface area contributed by atoms with E-state index < -0.39 is 11.7 Å². The number of halogens is 2. The highest BCUT2D eigenvalue weighted by Crippen LogP contribution is 2.22. The molecule has 0 aliphatic carbocycles. The number of alkyl halides is 1. The van der Waals surface area contributed by atoms with Crippen LogP contribution in [0.1, 0.15) is 37.6 Å². The molecule has 0 aliphatic heterocycles. The maximum Gasteiger partial charge on any atom is 0.254 e. The van der Waals surface area contributed by atoms with E-state index in [4.69, 9.17) is 11.6 Å². The Hall–Kier alpha value is -1.09. The predicted octanol–water partition coefficient (Wildman–Crippen LogP) is 3.60. The molecule has 0 radical (unpaired) electrons. The van der Waals surface area contributed by atoms with Crippen molar-refractivity contribution in [3.8, 4) is 0 Å². The summed E-state index contributed by atoms with van der Waals surface area (Å²) in [4.78, 5) is 12.0. The minimum atomic E-state index is -0.506. The van der Waals surface area contributed by atoms with Crippen molar-refractivity contribution >= 4 is 17.5 Å². The van der Waals surface area contributed by atoms with Gasteiger partial charge in [-0.25, -0.2) is 4.39 Å². The van der Waals surface area contributed by atoms with Gasteiger partial charge in [-0.1, -0.05) is 32.9 Å². The van der Waals surface area contributed by atoms with Gasteiger partial charge in [0.05, 0.1) is 5.56 Å². The van der Waals surface area contributed by atoms with Crippen LogP contribution >= 0.6 is 11.6 Å². The zero-order chi connectivity index (χ0) is 13.8. The molecule has 0 aliphatic rings. The Morgan fingerprint density at radius 1 is 1.39 bits per heavy atom. The molecular formula is C14H19ClFNO. The van der Waals surface area contributed by atoms with Gasteiger partial charge in [0.15, 0.2) is 0 Å². The van der Waals surface area contributed by atoms with E-state index in [2.05, 4.69) is 5.32 Å². The van der Waals surface area contributed by atoms with Gasteiger partial charge >= 0.3 is 0 Å². The van der Waals surface area contributed by atoms with E-state index in [0.717, 1.165) is 0 Å². The van der Waals surface area contributed by atoms with Gasteiger partial charge in [-0.05, 0) is 24.0 Å². The van der Waals surface area contributed by atoms with Crippen LogP contribution in [0.25, 0.3) is 0 Å². The summed E-state index contributed by atoms with van der Waals surface area (Å²) in [5.74, 6) is -0.439. The van der Waals surface area contributed by atoms with Gasteiger partial charge in [-0.2, -0.15) is 0 Å². The molecule has 1 atom stereocenters. The Morgan fingerprint density at radius 2 is 2.00 bits per heavy atom. The second kappa shape index (κ2) is 6.19. The predicted molar refractivity (Wildman–Crippen MR) is 72.4 cm³/mol. The average Bonchev–Trinajstić information content (AvgIpc) is 2.27. The highest BCUT2D eigenvalue weighted by Gasteiger charge is 2.26. The summed E-state index contributed by atoms with van der Waals surface area (Å²) in [7, 11) is 0. The van der Waals surface area contributed by atoms with Crippen molar-refractivity contribution in [2.45, 2.75) is 33.2 Å². The highest BCUT2D eigenvalue weighted by atomic mass is 35.5. The molecule has 2 nitrogen and oxygen atoms in total. The van der Waals surface area contributed by atoms with Crippen LogP contribution in [-0.2, 0) is 0 Å². The first-order chi connectivity index (χ1) is 8.36. The Kier molecular flexibility index (Phi) is 5.15. The lowest BCUT2D eigenvalue weighted by atomic mass is 9.85. The molecule has 18 heavy (non-hydrogen) atoms. The summed E-state index contributed by atoms with van der Waals surface area (Å²) in [6.07, 6.45) is 0.658. The standard InChI is InChI=1S/C14H19ClFNO/c1-14(2,3)12(8-9-15)17-13(18)10-6-4-5-7-11(10)16/h4-7,12H,8-9H2,1-3H3,(H,17,18). The minimum Gasteiger partial charge on any atom is -0.349 e. The SMILES string of the molecule is CC(C)(C)C(CCCl)NC(=O)c1ccccc1F. The molecule has 0 saturated carbocycles. The maximum absolute atomic E-state index is 13.5. The second-order valence-electron chi connectivity index (χ2n) is 5.35. The molecule has 0 fully saturated rings. The van der Waals surface area contributed by atoms with E-state index in [1.54, 1.807) is 12.1 Å². The van der Waals surface area contributed by atoms with Gasteiger partial charge in [0, 0.05) is 11.9 Å². The Labute approximate surface area is 113 Å². The Balaban J connectivity index is 2.82. The van der Waals surface area contributed by atoms with Crippen molar-refractivity contribution in [3.63, 3.8) is 0 Å². The number of carbonyl (C=O) groups excluding carboxylic acids is 1. The molecule has 100 valence electrons. The van der Waals surface area contributed by atoms with Gasteiger partial charge < -0.3 is 5.32 Å². The van der Waals surface area contributed by atoms with E-state index >= 15 is 0 Å². The zero-order valence-electron chi connectivity index (χ0n) is 11.0. The molecular weight excluding hydrogens is 253 g/mol. The van der Waals surface area contributed by atoms with Crippen LogP contribution in [-0.4, -0.2) is 17.8 Å². The summed E-state index contributed by atoms with van der Waals surface area (Å²) in [5.41, 5.74) is -0.0446. The average molecular weight is 272 g/mol. The first kappa shape index (κ1) is 15.0. The molecule has 1 aromatic carbocycles. The molecule has 1 unspecified atom stereocenters. The van der Waals surface area contributed by atoms with Crippen LogP contribution in [0.3, 0.4) is 0 Å². The van der Waals surface area contributed by atoms with E-state index in [0.29, 0.717) is 12.3 Å². The van der Waals surface area contributed by atoms with Crippen LogP contribution in [0.2, 0.25) is 0 Å². The Morgan fingerprint density at radius 3 is 2.50 bits per heavy atom. The second-order valence-corrected chi connectivity index (χ2v) is 5.73. The number of amides is 1. The lowest BCUT2D eigenvalue weighted by molar-refractivity contribution is 0.0896. The number of nitrogens with one attached hydrogen (secondary N) is 1. The quantitative estimate of drug-likeness (QED) is 0.833. The summed E-state index contributed by atoms with van der Waals surface area (Å²) in [6, 6.07) is 5.88. The van der Waals surface area contributed by atoms with E-state index in [-0.39, 0.29) is 17.0 Å². The van der Waals surface area contributed by atoms with Gasteiger partial charge in [-0.3, -0.25) is 4.79 Å². The normalized spacial score (nSPS) is 13.2. The van der Waals surface area contributed by atoms with Gasteiger partial charge in [0.2, 0.25) is 0 Å². The first-order valence-corrected chi connectivity index (χ1v) is 6.51. The maximum atomic E-state index is 13.5. The summed E-state index contributed by atoms with van der Waals surface area (Å²) < 4.78 is 13.5. The fourth-order valence-corrected chi connectivity index (χ4v) is 1.93. The molecule has 1 N–H and O–H groups in total. The third-order valence-electron chi connectivity index (χ3n) is 2.87. The van der Waals surface area contributed by atoms with E-state index in [1.165, 1.54) is 12.1 Å². The number of hydrogen-bond acceptors (Lipinski definition) is 1. The number of rotatable bonds is 4. The van der Waals surface area contributed by atoms with Crippen molar-refractivity contribution in [2.24, 2.45) is 5.41 Å². The molecule has 1 aromatic rings. The van der Waals surface area contributed by atoms with Crippen LogP contribution in [0, 0.1) is 11.2 Å². The molecule has 1 rings (SSSR count). The van der Waals surface area contributed by atoms with Crippen LogP contribution in [0.5, 0.6) is 0 Å². The lowest BCUT2D eigenvalue weighted by Gasteiger charge is -2.31. The van der Waals surface area contributed by atoms with Gasteiger partial charge in [0.1, 0.15) is 5.82 Å². The number of benzene rings is 1. The van der Waals surface area contributed by atoms with Crippen molar-refractivity contribution in [1.82, 2.24) is 5.32 Å². The van der Waals surface area contributed by atoms with E-state index in [9.17, 15) is 9.18 Å². The molecule has 0 heterocycles. The molecule has 0 spiro atoms. The lowest BCUT2D eigenvalue weighted by Crippen LogP contribution is -2.44. The van der Waals surface area contributed by atoms with Crippen LogP contribution in [0.4, 0.5) is 4.39 Å². The number of carbonyl (C=O) groups is 1. The fraction of sp³-hybridized carbons (Fsp3) is 0.500. The first-order valence-electron chi connectivity index (χ1n) is 5.97. The summed E-state index contributed by atoms with van der Waals surface area (Å²) >= 11 is 5.74. The smallest absolute Gasteiger partial charge is 0.254 e. The molecule has 4 heteroatoms. The van der Waals surface area contributed by atoms with Crippen LogP contribution < -0.4 is 5.32 Å². The zero-order valence-corrected chi connectivity index (χ0v) is 11.7.